The summed E-state index contributed by atoms with van der Waals surface area (Å²) >= 11 is 0. The number of carbonyl (C=O) groups is 1. The van der Waals surface area contributed by atoms with E-state index in [1.165, 1.54) is 7.05 Å². The maximum absolute atomic E-state index is 12.0. The van der Waals surface area contributed by atoms with Crippen molar-refractivity contribution in [2.75, 3.05) is 21.3 Å². The lowest BCUT2D eigenvalue weighted by atomic mass is 10.1. The zero-order chi connectivity index (χ0) is 20.6. The average molecular weight is 407 g/mol. The van der Waals surface area contributed by atoms with Crippen LogP contribution in [0, 0.1) is 0 Å². The smallest absolute Gasteiger partial charge is 0.315 e. The Balaban J connectivity index is 1.84. The Kier molecular flexibility index (Phi) is 7.65. The molecule has 0 radical (unpaired) electrons. The van der Waals surface area contributed by atoms with Gasteiger partial charge < -0.3 is 20.1 Å². The van der Waals surface area contributed by atoms with Crippen LogP contribution < -0.4 is 24.8 Å². The van der Waals surface area contributed by atoms with E-state index in [1.807, 2.05) is 12.1 Å². The second-order valence-electron chi connectivity index (χ2n) is 6.04. The lowest BCUT2D eigenvalue weighted by molar-refractivity contribution is 0.240. The Morgan fingerprint density at radius 3 is 1.86 bits per heavy atom. The standard InChI is InChI=1S/C19H25N3O5S/c1-20-28(24,25)13-15-6-4-14(5-7-15)11-21-19(23)22-12-16-8-17(26-2)10-18(9-16)27-3/h4-10,20H,11-13H2,1-3H3,(H2,21,22,23). The maximum Gasteiger partial charge on any atom is 0.315 e. The van der Waals surface area contributed by atoms with Gasteiger partial charge in [-0.1, -0.05) is 24.3 Å². The van der Waals surface area contributed by atoms with Crippen LogP contribution in [-0.4, -0.2) is 35.7 Å². The first-order valence-electron chi connectivity index (χ1n) is 8.58. The number of urea groups is 1. The van der Waals surface area contributed by atoms with Crippen molar-refractivity contribution in [3.05, 3.63) is 59.2 Å². The summed E-state index contributed by atoms with van der Waals surface area (Å²) in [6.07, 6.45) is 0. The van der Waals surface area contributed by atoms with E-state index in [0.717, 1.165) is 11.1 Å². The summed E-state index contributed by atoms with van der Waals surface area (Å²) < 4.78 is 35.8. The average Bonchev–Trinajstić information content (AvgIpc) is 2.71. The van der Waals surface area contributed by atoms with E-state index in [1.54, 1.807) is 44.6 Å². The Labute approximate surface area is 165 Å². The third-order valence-corrected chi connectivity index (χ3v) is 5.34. The van der Waals surface area contributed by atoms with Gasteiger partial charge >= 0.3 is 6.03 Å². The number of hydrogen-bond acceptors (Lipinski definition) is 5. The molecule has 2 aromatic rings. The molecule has 0 saturated heterocycles. The summed E-state index contributed by atoms with van der Waals surface area (Å²) in [6.45, 7) is 0.645. The first-order chi connectivity index (χ1) is 13.3. The van der Waals surface area contributed by atoms with Crippen LogP contribution in [0.5, 0.6) is 11.5 Å². The number of nitrogens with one attached hydrogen (secondary N) is 3. The molecule has 0 fully saturated rings. The number of carbonyl (C=O) groups excluding carboxylic acids is 1. The van der Waals surface area contributed by atoms with E-state index in [2.05, 4.69) is 15.4 Å². The molecule has 0 unspecified atom stereocenters. The van der Waals surface area contributed by atoms with Crippen LogP contribution in [0.2, 0.25) is 0 Å². The predicted molar refractivity (Wildman–Crippen MR) is 107 cm³/mol. The number of benzene rings is 2. The number of methoxy groups -OCH3 is 2. The zero-order valence-electron chi connectivity index (χ0n) is 16.1. The van der Waals surface area contributed by atoms with Gasteiger partial charge in [0.05, 0.1) is 20.0 Å². The van der Waals surface area contributed by atoms with Crippen LogP contribution >= 0.6 is 0 Å². The number of hydrogen-bond donors (Lipinski definition) is 3. The monoisotopic (exact) mass is 407 g/mol. The van der Waals surface area contributed by atoms with Crippen molar-refractivity contribution in [2.24, 2.45) is 0 Å². The molecule has 0 aliphatic rings. The Hall–Kier alpha value is -2.78. The largest absolute Gasteiger partial charge is 0.497 e. The van der Waals surface area contributed by atoms with E-state index >= 15 is 0 Å². The highest BCUT2D eigenvalue weighted by Gasteiger charge is 2.09. The van der Waals surface area contributed by atoms with Crippen LogP contribution in [0.3, 0.4) is 0 Å². The highest BCUT2D eigenvalue weighted by Crippen LogP contribution is 2.22. The fourth-order valence-corrected chi connectivity index (χ4v) is 3.22. The molecule has 2 rings (SSSR count). The van der Waals surface area contributed by atoms with Gasteiger partial charge in [-0.05, 0) is 35.9 Å². The second kappa shape index (κ2) is 9.95. The molecule has 2 amide bonds. The minimum atomic E-state index is -3.30. The van der Waals surface area contributed by atoms with Gasteiger partial charge in [-0.25, -0.2) is 17.9 Å². The molecule has 0 aliphatic carbocycles. The van der Waals surface area contributed by atoms with E-state index in [4.69, 9.17) is 9.47 Å². The van der Waals surface area contributed by atoms with Crippen molar-refractivity contribution < 1.29 is 22.7 Å². The van der Waals surface area contributed by atoms with Crippen LogP contribution in [0.25, 0.3) is 0 Å². The fraction of sp³-hybridized carbons (Fsp3) is 0.316. The van der Waals surface area contributed by atoms with Crippen LogP contribution in [0.15, 0.2) is 42.5 Å². The molecule has 0 heterocycles. The summed E-state index contributed by atoms with van der Waals surface area (Å²) in [5, 5.41) is 5.54. The SMILES string of the molecule is CNS(=O)(=O)Cc1ccc(CNC(=O)NCc2cc(OC)cc(OC)c2)cc1. The molecule has 2 aromatic carbocycles. The van der Waals surface area contributed by atoms with Gasteiger partial charge in [0.15, 0.2) is 0 Å². The Bertz CT molecular complexity index is 876. The first-order valence-corrected chi connectivity index (χ1v) is 10.2. The van der Waals surface area contributed by atoms with Crippen molar-refractivity contribution >= 4 is 16.1 Å². The molecular weight excluding hydrogens is 382 g/mol. The van der Waals surface area contributed by atoms with Crippen molar-refractivity contribution in [1.82, 2.24) is 15.4 Å². The molecule has 9 heteroatoms. The van der Waals surface area contributed by atoms with E-state index in [9.17, 15) is 13.2 Å². The molecule has 152 valence electrons. The molecule has 0 atom stereocenters. The van der Waals surface area contributed by atoms with E-state index in [-0.39, 0.29) is 11.8 Å². The lowest BCUT2D eigenvalue weighted by Crippen LogP contribution is -2.34. The minimum absolute atomic E-state index is 0.0817. The van der Waals surface area contributed by atoms with Gasteiger partial charge in [-0.2, -0.15) is 0 Å². The third-order valence-electron chi connectivity index (χ3n) is 4.01. The predicted octanol–water partition coefficient (Wildman–Crippen LogP) is 1.75. The molecule has 28 heavy (non-hydrogen) atoms. The third kappa shape index (κ3) is 6.75. The summed E-state index contributed by atoms with van der Waals surface area (Å²) in [6, 6.07) is 12.1. The molecular formula is C19H25N3O5S. The van der Waals surface area contributed by atoms with Crippen LogP contribution in [0.4, 0.5) is 4.79 Å². The minimum Gasteiger partial charge on any atom is -0.497 e. The summed E-state index contributed by atoms with van der Waals surface area (Å²) in [4.78, 5) is 12.0. The van der Waals surface area contributed by atoms with E-state index < -0.39 is 10.0 Å². The van der Waals surface area contributed by atoms with Crippen molar-refractivity contribution in [1.29, 1.82) is 0 Å². The maximum atomic E-state index is 12.0. The fourth-order valence-electron chi connectivity index (χ4n) is 2.44. The summed E-state index contributed by atoms with van der Waals surface area (Å²) in [7, 11) is 1.22. The molecule has 8 nitrogen and oxygen atoms in total. The quantitative estimate of drug-likeness (QED) is 0.587. The summed E-state index contributed by atoms with van der Waals surface area (Å²) in [5.74, 6) is 1.22. The highest BCUT2D eigenvalue weighted by atomic mass is 32.2. The normalized spacial score (nSPS) is 11.0. The first kappa shape index (κ1) is 21.5. The topological polar surface area (TPSA) is 106 Å². The van der Waals surface area contributed by atoms with Gasteiger partial charge in [0.2, 0.25) is 10.0 Å². The van der Waals surface area contributed by atoms with Crippen LogP contribution in [0.1, 0.15) is 16.7 Å². The lowest BCUT2D eigenvalue weighted by Gasteiger charge is -2.11. The van der Waals surface area contributed by atoms with Gasteiger partial charge in [-0.3, -0.25) is 0 Å². The Morgan fingerprint density at radius 2 is 1.36 bits per heavy atom. The summed E-state index contributed by atoms with van der Waals surface area (Å²) in [5.41, 5.74) is 2.39. The number of rotatable bonds is 9. The molecule has 0 aromatic heterocycles. The van der Waals surface area contributed by atoms with Gasteiger partial charge in [-0.15, -0.1) is 0 Å². The van der Waals surface area contributed by atoms with Crippen molar-refractivity contribution in [3.8, 4) is 11.5 Å². The van der Waals surface area contributed by atoms with Crippen LogP contribution in [-0.2, 0) is 28.9 Å². The molecule has 0 spiro atoms. The van der Waals surface area contributed by atoms with Crippen molar-refractivity contribution in [3.63, 3.8) is 0 Å². The van der Waals surface area contributed by atoms with Crippen molar-refractivity contribution in [2.45, 2.75) is 18.8 Å². The highest BCUT2D eigenvalue weighted by molar-refractivity contribution is 7.88. The Morgan fingerprint density at radius 1 is 0.857 bits per heavy atom. The zero-order valence-corrected chi connectivity index (χ0v) is 16.9. The number of ether oxygens (including phenoxy) is 2. The molecule has 0 saturated carbocycles. The number of sulfonamides is 1. The number of amides is 2. The second-order valence-corrected chi connectivity index (χ2v) is 7.96. The van der Waals surface area contributed by atoms with Gasteiger partial charge in [0.1, 0.15) is 11.5 Å². The molecule has 0 aliphatic heterocycles. The molecule has 3 N–H and O–H groups in total. The van der Waals surface area contributed by atoms with Gasteiger partial charge in [0.25, 0.3) is 0 Å². The van der Waals surface area contributed by atoms with Gasteiger partial charge in [0, 0.05) is 19.2 Å². The molecule has 0 bridgehead atoms. The van der Waals surface area contributed by atoms with E-state index in [0.29, 0.717) is 30.2 Å².